The minimum absolute atomic E-state index is 0.196. The lowest BCUT2D eigenvalue weighted by Crippen LogP contribution is -2.32. The van der Waals surface area contributed by atoms with Gasteiger partial charge in [0.15, 0.2) is 0 Å². The normalized spacial score (nSPS) is 13.8. The van der Waals surface area contributed by atoms with Gasteiger partial charge in [-0.05, 0) is 40.5 Å². The molecule has 1 aromatic carbocycles. The summed E-state index contributed by atoms with van der Waals surface area (Å²) < 4.78 is 33.9. The van der Waals surface area contributed by atoms with Gasteiger partial charge < -0.3 is 4.74 Å². The van der Waals surface area contributed by atoms with Gasteiger partial charge in [-0.3, -0.25) is 4.72 Å². The summed E-state index contributed by atoms with van der Waals surface area (Å²) in [6, 6.07) is 6.16. The second kappa shape index (κ2) is 8.85. The van der Waals surface area contributed by atoms with E-state index in [9.17, 15) is 8.42 Å². The zero-order valence-electron chi connectivity index (χ0n) is 14.0. The van der Waals surface area contributed by atoms with Crippen molar-refractivity contribution in [1.82, 2.24) is 0 Å². The zero-order valence-corrected chi connectivity index (χ0v) is 18.2. The van der Waals surface area contributed by atoms with E-state index in [0.29, 0.717) is 28.2 Å². The Morgan fingerprint density at radius 3 is 2.57 bits per heavy atom. The van der Waals surface area contributed by atoms with Gasteiger partial charge in [0.05, 0.1) is 17.3 Å². The minimum atomic E-state index is -3.55. The van der Waals surface area contributed by atoms with Gasteiger partial charge in [-0.1, -0.05) is 44.2 Å². The smallest absolute Gasteiger partial charge is 0.237 e. The van der Waals surface area contributed by atoms with Crippen LogP contribution in [0.3, 0.4) is 0 Å². The summed E-state index contributed by atoms with van der Waals surface area (Å²) >= 11 is 9.41. The lowest BCUT2D eigenvalue weighted by Gasteiger charge is -2.20. The van der Waals surface area contributed by atoms with Crippen LogP contribution in [-0.2, 0) is 14.8 Å². The summed E-state index contributed by atoms with van der Waals surface area (Å²) in [5, 5.41) is -0.246. The molecule has 0 saturated heterocycles. The fraction of sp³-hybridized carbons (Fsp3) is 0.600. The molecule has 0 aliphatic rings. The average Bonchev–Trinajstić information content (AvgIpc) is 2.42. The molecule has 1 N–H and O–H groups in total. The fourth-order valence-electron chi connectivity index (χ4n) is 1.84. The minimum Gasteiger partial charge on any atom is -0.380 e. The summed E-state index contributed by atoms with van der Waals surface area (Å²) in [4.78, 5) is 0. The average molecular weight is 443 g/mol. The molecule has 1 atom stereocenters. The van der Waals surface area contributed by atoms with Gasteiger partial charge in [-0.15, -0.1) is 0 Å². The molecule has 0 amide bonds. The molecule has 23 heavy (non-hydrogen) atoms. The molecular formula is C15H25BrClNO3SSi. The number of anilines is 1. The second-order valence-electron chi connectivity index (χ2n) is 6.66. The van der Waals surface area contributed by atoms with Crippen LogP contribution in [0, 0.1) is 0 Å². The number of benzene rings is 1. The lowest BCUT2D eigenvalue weighted by molar-refractivity contribution is 0.145. The Kier molecular flexibility index (Phi) is 8.07. The summed E-state index contributed by atoms with van der Waals surface area (Å²) in [7, 11) is -4.72. The van der Waals surface area contributed by atoms with Crippen molar-refractivity contribution >= 4 is 51.3 Å². The van der Waals surface area contributed by atoms with E-state index in [0.717, 1.165) is 6.04 Å². The van der Waals surface area contributed by atoms with Crippen molar-refractivity contribution < 1.29 is 13.2 Å². The van der Waals surface area contributed by atoms with Crippen molar-refractivity contribution in [2.24, 2.45) is 0 Å². The number of hydrogen-bond acceptors (Lipinski definition) is 3. The Labute approximate surface area is 154 Å². The van der Waals surface area contributed by atoms with Crippen LogP contribution in [0.2, 0.25) is 30.7 Å². The van der Waals surface area contributed by atoms with E-state index in [1.807, 2.05) is 6.92 Å². The van der Waals surface area contributed by atoms with E-state index < -0.39 is 23.3 Å². The Hall–Kier alpha value is -0.0831. The maximum absolute atomic E-state index is 12.5. The monoisotopic (exact) mass is 441 g/mol. The molecule has 0 aliphatic heterocycles. The third kappa shape index (κ3) is 7.13. The van der Waals surface area contributed by atoms with Crippen LogP contribution >= 0.6 is 27.5 Å². The van der Waals surface area contributed by atoms with E-state index in [1.54, 1.807) is 18.2 Å². The van der Waals surface area contributed by atoms with Gasteiger partial charge in [0.1, 0.15) is 5.25 Å². The molecule has 1 aromatic rings. The van der Waals surface area contributed by atoms with E-state index in [-0.39, 0.29) is 6.61 Å². The molecule has 0 heterocycles. The summed E-state index contributed by atoms with van der Waals surface area (Å²) in [5.41, 5.74) is 0.376. The molecule has 8 heteroatoms. The van der Waals surface area contributed by atoms with Crippen LogP contribution in [0.15, 0.2) is 22.7 Å². The van der Waals surface area contributed by atoms with E-state index >= 15 is 0 Å². The highest BCUT2D eigenvalue weighted by molar-refractivity contribution is 9.10. The lowest BCUT2D eigenvalue weighted by atomic mass is 10.3. The van der Waals surface area contributed by atoms with Crippen molar-refractivity contribution in [3.63, 3.8) is 0 Å². The van der Waals surface area contributed by atoms with Crippen molar-refractivity contribution in [2.75, 3.05) is 17.9 Å². The van der Waals surface area contributed by atoms with Gasteiger partial charge in [-0.25, -0.2) is 8.42 Å². The SMILES string of the molecule is CCC(COCC[Si](C)(C)C)S(=O)(=O)Nc1cccc(Br)c1Cl. The first-order valence-electron chi connectivity index (χ1n) is 7.60. The molecule has 0 aliphatic carbocycles. The van der Waals surface area contributed by atoms with Gasteiger partial charge in [0.25, 0.3) is 0 Å². The highest BCUT2D eigenvalue weighted by atomic mass is 79.9. The Balaban J connectivity index is 2.70. The second-order valence-corrected chi connectivity index (χ2v) is 15.5. The number of sulfonamides is 1. The first kappa shape index (κ1) is 21.0. The van der Waals surface area contributed by atoms with Crippen molar-refractivity contribution in [3.8, 4) is 0 Å². The number of ether oxygens (including phenoxy) is 1. The van der Waals surface area contributed by atoms with Crippen molar-refractivity contribution in [1.29, 1.82) is 0 Å². The molecule has 1 rings (SSSR count). The van der Waals surface area contributed by atoms with Crippen LogP contribution in [0.4, 0.5) is 5.69 Å². The van der Waals surface area contributed by atoms with Crippen LogP contribution in [0.1, 0.15) is 13.3 Å². The molecule has 0 saturated carbocycles. The topological polar surface area (TPSA) is 55.4 Å². The Morgan fingerprint density at radius 1 is 1.35 bits per heavy atom. The number of nitrogens with one attached hydrogen (secondary N) is 1. The molecule has 132 valence electrons. The number of halogens is 2. The van der Waals surface area contributed by atoms with Crippen molar-refractivity contribution in [2.45, 2.75) is 44.3 Å². The summed E-state index contributed by atoms with van der Waals surface area (Å²) in [6.45, 7) is 9.44. The standard InChI is InChI=1S/C15H25BrClNO3SSi/c1-5-12(11-21-9-10-23(2,3)4)22(19,20)18-14-8-6-7-13(16)15(14)17/h6-8,12,18H,5,9-11H2,1-4H3. The third-order valence-electron chi connectivity index (χ3n) is 3.40. The molecular weight excluding hydrogens is 418 g/mol. The van der Waals surface area contributed by atoms with Gasteiger partial charge in [0.2, 0.25) is 10.0 Å². The first-order chi connectivity index (χ1) is 10.6. The van der Waals surface area contributed by atoms with Crippen LogP contribution in [-0.4, -0.2) is 35.0 Å². The Bertz CT molecular complexity index is 620. The molecule has 0 spiro atoms. The van der Waals surface area contributed by atoms with Gasteiger partial charge >= 0.3 is 0 Å². The maximum atomic E-state index is 12.5. The van der Waals surface area contributed by atoms with E-state index in [2.05, 4.69) is 40.3 Å². The maximum Gasteiger partial charge on any atom is 0.237 e. The summed E-state index contributed by atoms with van der Waals surface area (Å²) in [6.07, 6.45) is 0.480. The largest absolute Gasteiger partial charge is 0.380 e. The molecule has 0 radical (unpaired) electrons. The van der Waals surface area contributed by atoms with Gasteiger partial charge in [0, 0.05) is 19.2 Å². The van der Waals surface area contributed by atoms with Crippen LogP contribution < -0.4 is 4.72 Å². The fourth-order valence-corrected chi connectivity index (χ4v) is 4.55. The Morgan fingerprint density at radius 2 is 2.00 bits per heavy atom. The van der Waals surface area contributed by atoms with E-state index in [1.165, 1.54) is 0 Å². The first-order valence-corrected chi connectivity index (χ1v) is 14.0. The zero-order chi connectivity index (χ0) is 17.7. The third-order valence-corrected chi connectivity index (χ3v) is 8.25. The number of hydrogen-bond donors (Lipinski definition) is 1. The molecule has 1 unspecified atom stereocenters. The number of rotatable bonds is 9. The summed E-state index contributed by atoms with van der Waals surface area (Å²) in [5.74, 6) is 0. The molecule has 0 fully saturated rings. The molecule has 0 aromatic heterocycles. The van der Waals surface area contributed by atoms with Gasteiger partial charge in [-0.2, -0.15) is 0 Å². The van der Waals surface area contributed by atoms with Crippen LogP contribution in [0.5, 0.6) is 0 Å². The highest BCUT2D eigenvalue weighted by Crippen LogP contribution is 2.31. The predicted molar refractivity (Wildman–Crippen MR) is 105 cm³/mol. The predicted octanol–water partition coefficient (Wildman–Crippen LogP) is 4.98. The van der Waals surface area contributed by atoms with E-state index in [4.69, 9.17) is 16.3 Å². The molecule has 4 nitrogen and oxygen atoms in total. The highest BCUT2D eigenvalue weighted by Gasteiger charge is 2.25. The molecule has 0 bridgehead atoms. The quantitative estimate of drug-likeness (QED) is 0.433. The van der Waals surface area contributed by atoms with Crippen molar-refractivity contribution in [3.05, 3.63) is 27.7 Å². The van der Waals surface area contributed by atoms with Crippen LogP contribution in [0.25, 0.3) is 0 Å².